The molecule has 0 amide bonds. The molecule has 2 aromatic carbocycles. The van der Waals surface area contributed by atoms with Crippen molar-refractivity contribution in [2.75, 3.05) is 13.2 Å². The van der Waals surface area contributed by atoms with Gasteiger partial charge >= 0.3 is 17.6 Å². The van der Waals surface area contributed by atoms with Gasteiger partial charge in [-0.1, -0.05) is 30.3 Å². The number of nitrogens with zero attached hydrogens (tertiary/aromatic N) is 2. The largest absolute Gasteiger partial charge is 0.618 e. The summed E-state index contributed by atoms with van der Waals surface area (Å²) in [5.41, 5.74) is 0.294. The molecule has 0 N–H and O–H groups in total. The summed E-state index contributed by atoms with van der Waals surface area (Å²) in [6.45, 7) is 1.04. The van der Waals surface area contributed by atoms with E-state index < -0.39 is 11.9 Å². The summed E-state index contributed by atoms with van der Waals surface area (Å²) in [4.78, 5) is 28.5. The van der Waals surface area contributed by atoms with Crippen LogP contribution >= 0.6 is 0 Å². The highest BCUT2D eigenvalue weighted by Crippen LogP contribution is 2.14. The minimum atomic E-state index is -0.831. The second-order valence-corrected chi connectivity index (χ2v) is 5.67. The SMILES string of the molecule is CCOC(=O)c1c(COC(=O)COc2ccccc2)nc2ccccc2[n+]1[O-]. The number of hydrogen-bond donors (Lipinski definition) is 0. The zero-order valence-electron chi connectivity index (χ0n) is 15.2. The van der Waals surface area contributed by atoms with Crippen LogP contribution in [0.15, 0.2) is 54.6 Å². The van der Waals surface area contributed by atoms with Gasteiger partial charge in [-0.05, 0) is 25.1 Å². The lowest BCUT2D eigenvalue weighted by molar-refractivity contribution is -0.581. The van der Waals surface area contributed by atoms with E-state index in [2.05, 4.69) is 4.98 Å². The van der Waals surface area contributed by atoms with Gasteiger partial charge in [0.2, 0.25) is 5.52 Å². The molecule has 0 aliphatic carbocycles. The third-order valence-corrected chi connectivity index (χ3v) is 3.77. The van der Waals surface area contributed by atoms with Gasteiger partial charge in [0, 0.05) is 6.07 Å². The van der Waals surface area contributed by atoms with Crippen molar-refractivity contribution >= 4 is 23.0 Å². The van der Waals surface area contributed by atoms with E-state index in [1.165, 1.54) is 0 Å². The van der Waals surface area contributed by atoms with Crippen LogP contribution in [0.25, 0.3) is 11.0 Å². The van der Waals surface area contributed by atoms with Crippen molar-refractivity contribution in [1.29, 1.82) is 0 Å². The number of para-hydroxylation sites is 3. The first-order valence-electron chi connectivity index (χ1n) is 8.62. The molecule has 0 unspecified atom stereocenters. The number of aromatic nitrogens is 2. The third kappa shape index (κ3) is 4.35. The zero-order valence-corrected chi connectivity index (χ0v) is 15.2. The normalized spacial score (nSPS) is 10.5. The standard InChI is InChI=1S/C20H18N2O6/c1-2-26-20(24)19-16(21-15-10-6-7-11-17(15)22(19)25)12-28-18(23)13-27-14-8-4-3-5-9-14/h3-11H,2,12-13H2,1H3. The van der Waals surface area contributed by atoms with Crippen molar-refractivity contribution in [3.8, 4) is 5.75 Å². The van der Waals surface area contributed by atoms with Crippen LogP contribution in [0.1, 0.15) is 23.1 Å². The molecule has 0 saturated carbocycles. The summed E-state index contributed by atoms with van der Waals surface area (Å²) in [7, 11) is 0. The molecule has 0 fully saturated rings. The summed E-state index contributed by atoms with van der Waals surface area (Å²) < 4.78 is 15.8. The molecular formula is C20H18N2O6. The molecule has 28 heavy (non-hydrogen) atoms. The summed E-state index contributed by atoms with van der Waals surface area (Å²) in [5, 5.41) is 12.6. The predicted octanol–water partition coefficient (Wildman–Crippen LogP) is 2.17. The quantitative estimate of drug-likeness (QED) is 0.350. The average Bonchev–Trinajstić information content (AvgIpc) is 2.71. The molecule has 0 bridgehead atoms. The van der Waals surface area contributed by atoms with Crippen molar-refractivity contribution in [3.05, 3.63) is 71.2 Å². The molecular weight excluding hydrogens is 364 g/mol. The monoisotopic (exact) mass is 382 g/mol. The van der Waals surface area contributed by atoms with Crippen LogP contribution in [0.2, 0.25) is 0 Å². The Kier molecular flexibility index (Phi) is 6.01. The Bertz CT molecular complexity index is 991. The summed E-state index contributed by atoms with van der Waals surface area (Å²) >= 11 is 0. The van der Waals surface area contributed by atoms with Crippen LogP contribution in [-0.2, 0) is 20.9 Å². The minimum absolute atomic E-state index is 0.0141. The Morgan fingerprint density at radius 1 is 1.04 bits per heavy atom. The van der Waals surface area contributed by atoms with Gasteiger partial charge in [0.25, 0.3) is 0 Å². The number of hydrogen-bond acceptors (Lipinski definition) is 7. The first-order chi connectivity index (χ1) is 13.6. The Morgan fingerprint density at radius 2 is 1.75 bits per heavy atom. The maximum absolute atomic E-state index is 12.6. The van der Waals surface area contributed by atoms with Gasteiger partial charge in [-0.3, -0.25) is 0 Å². The van der Waals surface area contributed by atoms with Gasteiger partial charge in [0.05, 0.1) is 6.61 Å². The number of ether oxygens (including phenoxy) is 3. The molecule has 3 rings (SSSR count). The average molecular weight is 382 g/mol. The number of benzene rings is 2. The molecule has 0 saturated heterocycles. The molecule has 0 radical (unpaired) electrons. The van der Waals surface area contributed by atoms with E-state index in [0.717, 1.165) is 0 Å². The lowest BCUT2D eigenvalue weighted by atomic mass is 10.2. The van der Waals surface area contributed by atoms with Crippen LogP contribution in [0, 0.1) is 5.21 Å². The highest BCUT2D eigenvalue weighted by Gasteiger charge is 2.28. The molecule has 1 heterocycles. The van der Waals surface area contributed by atoms with Gasteiger partial charge in [0.15, 0.2) is 12.3 Å². The van der Waals surface area contributed by atoms with Gasteiger partial charge in [-0.25, -0.2) is 14.6 Å². The highest BCUT2D eigenvalue weighted by atomic mass is 16.6. The topological polar surface area (TPSA) is 102 Å². The number of carbonyl (C=O) groups is 2. The van der Waals surface area contributed by atoms with E-state index in [1.54, 1.807) is 55.5 Å². The molecule has 0 spiro atoms. The molecule has 8 heteroatoms. The molecule has 0 atom stereocenters. The van der Waals surface area contributed by atoms with E-state index >= 15 is 0 Å². The van der Waals surface area contributed by atoms with Gasteiger partial charge < -0.3 is 19.4 Å². The number of fused-ring (bicyclic) bond motifs is 1. The second kappa shape index (κ2) is 8.81. The highest BCUT2D eigenvalue weighted by molar-refractivity contribution is 5.88. The third-order valence-electron chi connectivity index (χ3n) is 3.77. The smallest absolute Gasteiger partial charge is 0.407 e. The maximum Gasteiger partial charge on any atom is 0.407 e. The first kappa shape index (κ1) is 19.1. The minimum Gasteiger partial charge on any atom is -0.618 e. The van der Waals surface area contributed by atoms with E-state index in [1.807, 2.05) is 6.07 Å². The molecule has 8 nitrogen and oxygen atoms in total. The molecule has 1 aromatic heterocycles. The molecule has 3 aromatic rings. The Labute approximate surface area is 160 Å². The maximum atomic E-state index is 12.6. The lowest BCUT2D eigenvalue weighted by Gasteiger charge is -2.11. The summed E-state index contributed by atoms with van der Waals surface area (Å²) in [6.07, 6.45) is 0. The Hall–Kier alpha value is -3.68. The fourth-order valence-corrected chi connectivity index (χ4v) is 2.52. The van der Waals surface area contributed by atoms with Crippen LogP contribution in [-0.4, -0.2) is 30.1 Å². The zero-order chi connectivity index (χ0) is 19.9. The molecule has 0 aliphatic rings. The van der Waals surface area contributed by atoms with Crippen molar-refractivity contribution in [2.24, 2.45) is 0 Å². The van der Waals surface area contributed by atoms with E-state index in [0.29, 0.717) is 16.0 Å². The van der Waals surface area contributed by atoms with E-state index in [-0.39, 0.29) is 36.7 Å². The number of carbonyl (C=O) groups excluding carboxylic acids is 2. The fraction of sp³-hybridized carbons (Fsp3) is 0.200. The predicted molar refractivity (Wildman–Crippen MR) is 98.4 cm³/mol. The van der Waals surface area contributed by atoms with Gasteiger partial charge in [-0.2, -0.15) is 4.73 Å². The van der Waals surface area contributed by atoms with Crippen molar-refractivity contribution in [3.63, 3.8) is 0 Å². The molecule has 0 aliphatic heterocycles. The van der Waals surface area contributed by atoms with Gasteiger partial charge in [-0.15, -0.1) is 0 Å². The number of rotatable bonds is 7. The van der Waals surface area contributed by atoms with Gasteiger partial charge in [0.1, 0.15) is 17.9 Å². The molecule has 144 valence electrons. The number of esters is 2. The summed E-state index contributed by atoms with van der Waals surface area (Å²) in [6, 6.07) is 15.3. The summed E-state index contributed by atoms with van der Waals surface area (Å²) in [5.74, 6) is -0.971. The Morgan fingerprint density at radius 3 is 2.50 bits per heavy atom. The van der Waals surface area contributed by atoms with Crippen LogP contribution in [0.3, 0.4) is 0 Å². The fourth-order valence-electron chi connectivity index (χ4n) is 2.52. The lowest BCUT2D eigenvalue weighted by Crippen LogP contribution is -2.39. The van der Waals surface area contributed by atoms with Crippen molar-refractivity contribution in [2.45, 2.75) is 13.5 Å². The van der Waals surface area contributed by atoms with E-state index in [4.69, 9.17) is 14.2 Å². The Balaban J connectivity index is 1.78. The van der Waals surface area contributed by atoms with Crippen molar-refractivity contribution in [1.82, 2.24) is 4.98 Å². The van der Waals surface area contributed by atoms with E-state index in [9.17, 15) is 14.8 Å². The van der Waals surface area contributed by atoms with Crippen LogP contribution < -0.4 is 9.47 Å². The van der Waals surface area contributed by atoms with Crippen molar-refractivity contribution < 1.29 is 28.5 Å². The second-order valence-electron chi connectivity index (χ2n) is 5.67. The van der Waals surface area contributed by atoms with Crippen LogP contribution in [0.4, 0.5) is 0 Å². The first-order valence-corrected chi connectivity index (χ1v) is 8.62. The van der Waals surface area contributed by atoms with Crippen LogP contribution in [0.5, 0.6) is 5.75 Å².